The van der Waals surface area contributed by atoms with Gasteiger partial charge in [0.25, 0.3) is 0 Å². The molecule has 0 aromatic heterocycles. The van der Waals surface area contributed by atoms with Crippen molar-refractivity contribution in [3.63, 3.8) is 0 Å². The first-order valence-electron chi connectivity index (χ1n) is 7.79. The number of aryl methyl sites for hydroxylation is 1. The smallest absolute Gasteiger partial charge is 0.449 e. The van der Waals surface area contributed by atoms with E-state index in [9.17, 15) is 13.2 Å². The number of alkyl halides is 3. The summed E-state index contributed by atoms with van der Waals surface area (Å²) in [5.41, 5.74) is 3.56. The van der Waals surface area contributed by atoms with E-state index in [1.54, 1.807) is 0 Å². The van der Waals surface area contributed by atoms with Crippen LogP contribution in [-0.4, -0.2) is 25.5 Å². The molecule has 2 nitrogen and oxygen atoms in total. The van der Waals surface area contributed by atoms with Gasteiger partial charge in [-0.3, -0.25) is 0 Å². The molecular weight excluding hydrogens is 323 g/mol. The lowest BCUT2D eigenvalue weighted by Gasteiger charge is -2.20. The van der Waals surface area contributed by atoms with Gasteiger partial charge >= 0.3 is 6.18 Å². The van der Waals surface area contributed by atoms with Crippen LogP contribution in [0.3, 0.4) is 0 Å². The van der Waals surface area contributed by atoms with Crippen LogP contribution in [0.1, 0.15) is 30.0 Å². The van der Waals surface area contributed by atoms with Crippen molar-refractivity contribution in [2.75, 3.05) is 19.3 Å². The molecule has 0 spiro atoms. The van der Waals surface area contributed by atoms with Crippen molar-refractivity contribution in [2.24, 2.45) is 0 Å². The molecular formula is C17H20F3NOS. The van der Waals surface area contributed by atoms with E-state index in [0.717, 1.165) is 42.0 Å². The molecule has 3 rings (SSSR count). The third-order valence-electron chi connectivity index (χ3n) is 4.45. The van der Waals surface area contributed by atoms with Crippen LogP contribution in [0.2, 0.25) is 0 Å². The highest BCUT2D eigenvalue weighted by Crippen LogP contribution is 2.44. The Morgan fingerprint density at radius 1 is 1.09 bits per heavy atom. The Labute approximate surface area is 138 Å². The minimum Gasteiger partial charge on any atom is -0.451 e. The van der Waals surface area contributed by atoms with Crippen molar-refractivity contribution in [3.8, 4) is 5.75 Å². The van der Waals surface area contributed by atoms with E-state index >= 15 is 0 Å². The van der Waals surface area contributed by atoms with Gasteiger partial charge in [0, 0.05) is 0 Å². The van der Waals surface area contributed by atoms with Crippen LogP contribution in [0.25, 0.3) is 0 Å². The van der Waals surface area contributed by atoms with E-state index in [4.69, 9.17) is 4.74 Å². The van der Waals surface area contributed by atoms with Crippen molar-refractivity contribution in [2.45, 2.75) is 43.7 Å². The minimum absolute atomic E-state index is 0.276. The van der Waals surface area contributed by atoms with Crippen LogP contribution < -0.4 is 10.1 Å². The van der Waals surface area contributed by atoms with Crippen LogP contribution in [-0.2, 0) is 19.3 Å². The Morgan fingerprint density at radius 2 is 1.83 bits per heavy atom. The van der Waals surface area contributed by atoms with E-state index in [1.807, 2.05) is 6.26 Å². The molecule has 2 aliphatic rings. The molecule has 0 unspecified atom stereocenters. The topological polar surface area (TPSA) is 21.3 Å². The fourth-order valence-corrected chi connectivity index (χ4v) is 4.13. The lowest BCUT2D eigenvalue weighted by molar-refractivity contribution is -0.117. The molecule has 0 bridgehead atoms. The van der Waals surface area contributed by atoms with Gasteiger partial charge in [0.2, 0.25) is 5.76 Å². The van der Waals surface area contributed by atoms with Gasteiger partial charge in [-0.15, -0.1) is 11.8 Å². The SMILES string of the molecule is CSc1c2c(cc3c1OC(C(F)(F)F)=C(C)CC3)CCNCC2. The lowest BCUT2D eigenvalue weighted by Crippen LogP contribution is -2.19. The molecule has 0 aliphatic carbocycles. The summed E-state index contributed by atoms with van der Waals surface area (Å²) in [6.45, 7) is 3.27. The maximum atomic E-state index is 13.3. The monoisotopic (exact) mass is 343 g/mol. The normalized spacial score (nSPS) is 18.7. The number of allylic oxidation sites excluding steroid dienone is 2. The lowest BCUT2D eigenvalue weighted by atomic mass is 9.96. The predicted molar refractivity (Wildman–Crippen MR) is 86.2 cm³/mol. The number of nitrogens with one attached hydrogen (secondary N) is 1. The zero-order chi connectivity index (χ0) is 16.6. The molecule has 2 aliphatic heterocycles. The molecule has 1 N–H and O–H groups in total. The Balaban J connectivity index is 2.13. The quantitative estimate of drug-likeness (QED) is 0.770. The summed E-state index contributed by atoms with van der Waals surface area (Å²) in [4.78, 5) is 0.873. The average Bonchev–Trinajstić information content (AvgIpc) is 2.81. The fraction of sp³-hybridized carbons (Fsp3) is 0.529. The number of thioether (sulfide) groups is 1. The Kier molecular flexibility index (Phi) is 4.65. The number of hydrogen-bond donors (Lipinski definition) is 1. The molecule has 6 heteroatoms. The standard InChI is InChI=1S/C17H20F3NOS/c1-10-3-4-12-9-11-5-7-21-8-6-13(11)15(23-2)14(12)22-16(10)17(18,19)20/h9,21H,3-8H2,1-2H3. The summed E-state index contributed by atoms with van der Waals surface area (Å²) >= 11 is 1.49. The van der Waals surface area contributed by atoms with Gasteiger partial charge in [0.1, 0.15) is 5.75 Å². The highest BCUT2D eigenvalue weighted by Gasteiger charge is 2.40. The molecule has 126 valence electrons. The molecule has 0 saturated carbocycles. The molecule has 0 amide bonds. The summed E-state index contributed by atoms with van der Waals surface area (Å²) in [6, 6.07) is 2.06. The average molecular weight is 343 g/mol. The molecule has 0 radical (unpaired) electrons. The van der Waals surface area contributed by atoms with Crippen LogP contribution in [0, 0.1) is 0 Å². The van der Waals surface area contributed by atoms with Crippen molar-refractivity contribution in [3.05, 3.63) is 34.1 Å². The number of fused-ring (bicyclic) bond motifs is 2. The molecule has 1 aromatic carbocycles. The predicted octanol–water partition coefficient (Wildman–Crippen LogP) is 4.26. The van der Waals surface area contributed by atoms with E-state index in [2.05, 4.69) is 11.4 Å². The molecule has 1 aromatic rings. The second kappa shape index (κ2) is 6.40. The van der Waals surface area contributed by atoms with E-state index < -0.39 is 11.9 Å². The first-order valence-corrected chi connectivity index (χ1v) is 9.01. The minimum atomic E-state index is -4.45. The van der Waals surface area contributed by atoms with Crippen LogP contribution >= 0.6 is 11.8 Å². The highest BCUT2D eigenvalue weighted by atomic mass is 32.2. The van der Waals surface area contributed by atoms with Crippen molar-refractivity contribution >= 4 is 11.8 Å². The summed E-state index contributed by atoms with van der Waals surface area (Å²) in [5.74, 6) is -0.416. The molecule has 23 heavy (non-hydrogen) atoms. The van der Waals surface area contributed by atoms with E-state index in [1.165, 1.54) is 24.2 Å². The third kappa shape index (κ3) is 3.24. The second-order valence-electron chi connectivity index (χ2n) is 6.00. The summed E-state index contributed by atoms with van der Waals surface area (Å²) in [6.07, 6.45) is 0.171. The first kappa shape index (κ1) is 16.7. The zero-order valence-electron chi connectivity index (χ0n) is 13.3. The van der Waals surface area contributed by atoms with Crippen molar-refractivity contribution in [1.82, 2.24) is 5.32 Å². The molecule has 0 saturated heterocycles. The second-order valence-corrected chi connectivity index (χ2v) is 6.81. The molecule has 0 fully saturated rings. The Bertz CT molecular complexity index is 652. The van der Waals surface area contributed by atoms with Gasteiger partial charge in [-0.1, -0.05) is 6.07 Å². The molecule has 0 atom stereocenters. The Hall–Kier alpha value is -1.14. The zero-order valence-corrected chi connectivity index (χ0v) is 14.1. The number of hydrogen-bond acceptors (Lipinski definition) is 3. The number of rotatable bonds is 1. The van der Waals surface area contributed by atoms with Crippen molar-refractivity contribution in [1.29, 1.82) is 0 Å². The van der Waals surface area contributed by atoms with Gasteiger partial charge in [-0.2, -0.15) is 13.2 Å². The Morgan fingerprint density at radius 3 is 2.52 bits per heavy atom. The van der Waals surface area contributed by atoms with Crippen LogP contribution in [0.15, 0.2) is 22.3 Å². The molecule has 2 heterocycles. The highest BCUT2D eigenvalue weighted by molar-refractivity contribution is 7.98. The van der Waals surface area contributed by atoms with Gasteiger partial charge in [0.05, 0.1) is 4.90 Å². The maximum absolute atomic E-state index is 13.3. The van der Waals surface area contributed by atoms with Crippen molar-refractivity contribution < 1.29 is 17.9 Å². The van der Waals surface area contributed by atoms with Gasteiger partial charge in [-0.25, -0.2) is 0 Å². The third-order valence-corrected chi connectivity index (χ3v) is 5.29. The van der Waals surface area contributed by atoms with Gasteiger partial charge in [-0.05, 0) is 74.2 Å². The summed E-state index contributed by atoms with van der Waals surface area (Å²) in [5, 5.41) is 3.35. The maximum Gasteiger partial charge on any atom is 0.449 e. The largest absolute Gasteiger partial charge is 0.451 e. The van der Waals surface area contributed by atoms with E-state index in [-0.39, 0.29) is 5.57 Å². The van der Waals surface area contributed by atoms with Gasteiger partial charge < -0.3 is 10.1 Å². The summed E-state index contributed by atoms with van der Waals surface area (Å²) in [7, 11) is 0. The van der Waals surface area contributed by atoms with E-state index in [0.29, 0.717) is 18.6 Å². The number of halogens is 3. The van der Waals surface area contributed by atoms with Gasteiger partial charge in [0.15, 0.2) is 0 Å². The first-order chi connectivity index (χ1) is 10.9. The summed E-state index contributed by atoms with van der Waals surface area (Å²) < 4.78 is 45.4. The number of benzene rings is 1. The number of ether oxygens (including phenoxy) is 1. The fourth-order valence-electron chi connectivity index (χ4n) is 3.29. The van der Waals surface area contributed by atoms with Crippen LogP contribution in [0.4, 0.5) is 13.2 Å². The van der Waals surface area contributed by atoms with Crippen LogP contribution in [0.5, 0.6) is 5.75 Å².